The largest absolute Gasteiger partial charge is 0.468 e. The van der Waals surface area contributed by atoms with Crippen LogP contribution in [0.3, 0.4) is 0 Å². The molecule has 0 unspecified atom stereocenters. The van der Waals surface area contributed by atoms with Crippen molar-refractivity contribution in [2.75, 3.05) is 18.6 Å². The van der Waals surface area contributed by atoms with E-state index in [1.165, 1.54) is 35.8 Å². The third-order valence-electron chi connectivity index (χ3n) is 4.15. The van der Waals surface area contributed by atoms with Gasteiger partial charge in [-0.25, -0.2) is 0 Å². The fourth-order valence-corrected chi connectivity index (χ4v) is 3.19. The van der Waals surface area contributed by atoms with Crippen LogP contribution >= 0.6 is 11.8 Å². The molecule has 3 heteroatoms. The molecule has 0 aromatic heterocycles. The van der Waals surface area contributed by atoms with Crippen molar-refractivity contribution < 1.29 is 9.53 Å². The smallest absolute Gasteiger partial charge is 0.315 e. The van der Waals surface area contributed by atoms with Gasteiger partial charge >= 0.3 is 5.97 Å². The molecule has 0 N–H and O–H groups in total. The molecule has 0 atom stereocenters. The first kappa shape index (κ1) is 24.8. The fourth-order valence-electron chi connectivity index (χ4n) is 2.39. The van der Waals surface area contributed by atoms with E-state index in [0.29, 0.717) is 5.75 Å². The molecule has 2 nitrogen and oxygen atoms in total. The van der Waals surface area contributed by atoms with Crippen molar-refractivity contribution >= 4 is 17.7 Å². The van der Waals surface area contributed by atoms with Crippen LogP contribution in [0.4, 0.5) is 0 Å². The third-order valence-corrected chi connectivity index (χ3v) is 4.99. The zero-order valence-electron chi connectivity index (χ0n) is 17.7. The standard InChI is InChI=1S/C23H38O2S/c1-19(2)10-7-11-20(3)12-8-13-21(4)14-9-15-22(5)16-17-26-18-23(24)25-6/h10,12,14,16H,7-9,11,13,15,17-18H2,1-6H3/b20-12+,21-14+,22-16+. The lowest BCUT2D eigenvalue weighted by molar-refractivity contribution is -0.137. The SMILES string of the molecule is COC(=O)CSC/C=C(\C)CC/C=C(\C)CC/C=C(\C)CCC=C(C)C. The number of methoxy groups -OCH3 is 1. The zero-order chi connectivity index (χ0) is 19.8. The molecular formula is C23H38O2S. The van der Waals surface area contributed by atoms with Crippen LogP contribution in [0.2, 0.25) is 0 Å². The summed E-state index contributed by atoms with van der Waals surface area (Å²) in [4.78, 5) is 11.0. The summed E-state index contributed by atoms with van der Waals surface area (Å²) in [5.74, 6) is 1.15. The molecule has 0 heterocycles. The molecule has 0 amide bonds. The minimum atomic E-state index is -0.152. The van der Waals surface area contributed by atoms with Crippen molar-refractivity contribution in [2.45, 2.75) is 73.1 Å². The van der Waals surface area contributed by atoms with Gasteiger partial charge in [0.25, 0.3) is 0 Å². The van der Waals surface area contributed by atoms with E-state index in [1.807, 2.05) is 0 Å². The quantitative estimate of drug-likeness (QED) is 0.195. The monoisotopic (exact) mass is 378 g/mol. The van der Waals surface area contributed by atoms with Gasteiger partial charge < -0.3 is 4.74 Å². The molecule has 0 aromatic carbocycles. The van der Waals surface area contributed by atoms with Gasteiger partial charge in [-0.05, 0) is 73.1 Å². The third kappa shape index (κ3) is 16.3. The van der Waals surface area contributed by atoms with Crippen molar-refractivity contribution in [1.82, 2.24) is 0 Å². The van der Waals surface area contributed by atoms with Gasteiger partial charge in [-0.1, -0.05) is 46.6 Å². The van der Waals surface area contributed by atoms with Gasteiger partial charge in [-0.2, -0.15) is 0 Å². The van der Waals surface area contributed by atoms with Crippen molar-refractivity contribution in [2.24, 2.45) is 0 Å². The Labute approximate surface area is 165 Å². The summed E-state index contributed by atoms with van der Waals surface area (Å²) in [6.45, 7) is 11.0. The number of hydrogen-bond donors (Lipinski definition) is 0. The molecule has 0 aromatic rings. The number of carbonyl (C=O) groups is 1. The van der Waals surface area contributed by atoms with E-state index < -0.39 is 0 Å². The van der Waals surface area contributed by atoms with Crippen molar-refractivity contribution in [3.8, 4) is 0 Å². The summed E-state index contributed by atoms with van der Waals surface area (Å²) in [5, 5.41) is 0. The summed E-state index contributed by atoms with van der Waals surface area (Å²) in [7, 11) is 1.43. The molecular weight excluding hydrogens is 340 g/mol. The van der Waals surface area contributed by atoms with Crippen LogP contribution in [0.1, 0.15) is 73.1 Å². The predicted octanol–water partition coefficient (Wildman–Crippen LogP) is 7.04. The summed E-state index contributed by atoms with van der Waals surface area (Å²) in [5.41, 5.74) is 5.77. The molecule has 0 aliphatic rings. The Morgan fingerprint density at radius 3 is 1.69 bits per heavy atom. The van der Waals surface area contributed by atoms with Gasteiger partial charge in [-0.15, -0.1) is 11.8 Å². The van der Waals surface area contributed by atoms with E-state index in [1.54, 1.807) is 11.8 Å². The molecule has 26 heavy (non-hydrogen) atoms. The summed E-state index contributed by atoms with van der Waals surface area (Å²) >= 11 is 1.60. The maximum Gasteiger partial charge on any atom is 0.315 e. The Morgan fingerprint density at radius 2 is 1.23 bits per heavy atom. The molecule has 0 bridgehead atoms. The van der Waals surface area contributed by atoms with E-state index in [0.717, 1.165) is 37.9 Å². The predicted molar refractivity (Wildman–Crippen MR) is 118 cm³/mol. The summed E-state index contributed by atoms with van der Waals surface area (Å²) < 4.78 is 4.63. The van der Waals surface area contributed by atoms with Crippen molar-refractivity contribution in [1.29, 1.82) is 0 Å². The van der Waals surface area contributed by atoms with E-state index in [-0.39, 0.29) is 5.97 Å². The Balaban J connectivity index is 3.95. The van der Waals surface area contributed by atoms with Gasteiger partial charge in [-0.3, -0.25) is 4.79 Å². The average Bonchev–Trinajstić information content (AvgIpc) is 2.58. The molecule has 148 valence electrons. The first-order valence-corrected chi connectivity index (χ1v) is 10.8. The molecule has 0 saturated carbocycles. The Morgan fingerprint density at radius 1 is 0.769 bits per heavy atom. The first-order valence-electron chi connectivity index (χ1n) is 9.60. The Hall–Kier alpha value is -1.22. The van der Waals surface area contributed by atoms with E-state index >= 15 is 0 Å². The van der Waals surface area contributed by atoms with Gasteiger partial charge in [0.1, 0.15) is 0 Å². The van der Waals surface area contributed by atoms with Gasteiger partial charge in [0.2, 0.25) is 0 Å². The van der Waals surface area contributed by atoms with Gasteiger partial charge in [0.05, 0.1) is 12.9 Å². The number of esters is 1. The highest BCUT2D eigenvalue weighted by atomic mass is 32.2. The zero-order valence-corrected chi connectivity index (χ0v) is 18.5. The van der Waals surface area contributed by atoms with Crippen LogP contribution in [-0.4, -0.2) is 24.6 Å². The number of thioether (sulfide) groups is 1. The molecule has 0 aliphatic heterocycles. The second kappa shape index (κ2) is 16.0. The highest BCUT2D eigenvalue weighted by Crippen LogP contribution is 2.14. The minimum Gasteiger partial charge on any atom is -0.468 e. The molecule has 0 fully saturated rings. The lowest BCUT2D eigenvalue weighted by Gasteiger charge is -2.03. The maximum absolute atomic E-state index is 11.0. The molecule has 0 saturated heterocycles. The van der Waals surface area contributed by atoms with Crippen LogP contribution in [0.15, 0.2) is 46.6 Å². The fraction of sp³-hybridized carbons (Fsp3) is 0.609. The first-order chi connectivity index (χ1) is 12.3. The highest BCUT2D eigenvalue weighted by Gasteiger charge is 1.98. The van der Waals surface area contributed by atoms with Crippen LogP contribution in [0.5, 0.6) is 0 Å². The van der Waals surface area contributed by atoms with Crippen LogP contribution in [-0.2, 0) is 9.53 Å². The minimum absolute atomic E-state index is 0.152. The molecule has 0 aliphatic carbocycles. The molecule has 0 rings (SSSR count). The van der Waals surface area contributed by atoms with Gasteiger partial charge in [0.15, 0.2) is 0 Å². The normalized spacial score (nSPS) is 12.9. The second-order valence-electron chi connectivity index (χ2n) is 7.14. The molecule has 0 spiro atoms. The number of allylic oxidation sites excluding steroid dienone is 7. The Kier molecular flexibility index (Phi) is 15.2. The average molecular weight is 379 g/mol. The van der Waals surface area contributed by atoms with E-state index in [2.05, 4.69) is 63.7 Å². The number of carbonyl (C=O) groups excluding carboxylic acids is 1. The maximum atomic E-state index is 11.0. The summed E-state index contributed by atoms with van der Waals surface area (Å²) in [6.07, 6.45) is 16.1. The number of hydrogen-bond acceptors (Lipinski definition) is 3. The topological polar surface area (TPSA) is 26.3 Å². The van der Waals surface area contributed by atoms with Crippen LogP contribution in [0, 0.1) is 0 Å². The lowest BCUT2D eigenvalue weighted by atomic mass is 10.0. The van der Waals surface area contributed by atoms with E-state index in [4.69, 9.17) is 0 Å². The second-order valence-corrected chi connectivity index (χ2v) is 8.17. The van der Waals surface area contributed by atoms with Crippen molar-refractivity contribution in [3.05, 3.63) is 46.6 Å². The number of rotatable bonds is 13. The van der Waals surface area contributed by atoms with E-state index in [9.17, 15) is 4.79 Å². The summed E-state index contributed by atoms with van der Waals surface area (Å²) in [6, 6.07) is 0. The van der Waals surface area contributed by atoms with Crippen LogP contribution < -0.4 is 0 Å². The Bertz CT molecular complexity index is 520. The van der Waals surface area contributed by atoms with Gasteiger partial charge in [0, 0.05) is 5.75 Å². The highest BCUT2D eigenvalue weighted by molar-refractivity contribution is 8.00. The van der Waals surface area contributed by atoms with Crippen LogP contribution in [0.25, 0.3) is 0 Å². The molecule has 0 radical (unpaired) electrons. The number of ether oxygens (including phenoxy) is 1. The van der Waals surface area contributed by atoms with Crippen molar-refractivity contribution in [3.63, 3.8) is 0 Å². The lowest BCUT2D eigenvalue weighted by Crippen LogP contribution is -2.03.